The fraction of sp³-hybridized carbons (Fsp3) is 0.387. The zero-order valence-corrected chi connectivity index (χ0v) is 24.2. The van der Waals surface area contributed by atoms with Crippen molar-refractivity contribution < 1.29 is 9.53 Å². The van der Waals surface area contributed by atoms with Crippen LogP contribution in [0.1, 0.15) is 64.9 Å². The summed E-state index contributed by atoms with van der Waals surface area (Å²) in [4.78, 5) is 15.9. The highest BCUT2D eigenvalue weighted by Gasteiger charge is 2.33. The molecule has 1 saturated heterocycles. The van der Waals surface area contributed by atoms with Crippen LogP contribution in [0.25, 0.3) is 23.0 Å². The highest BCUT2D eigenvalue weighted by atomic mass is 32.2. The average molecular weight is 548 g/mol. The van der Waals surface area contributed by atoms with Crippen LogP contribution in [0.3, 0.4) is 0 Å². The zero-order chi connectivity index (χ0) is 26.9. The molecule has 1 aliphatic heterocycles. The van der Waals surface area contributed by atoms with E-state index < -0.39 is 0 Å². The predicted molar refractivity (Wildman–Crippen MR) is 163 cm³/mol. The Morgan fingerprint density at radius 1 is 1.03 bits per heavy atom. The van der Waals surface area contributed by atoms with Crippen LogP contribution in [0.15, 0.2) is 65.7 Å². The number of thioether (sulfide) groups is 1. The number of carbonyl (C=O) groups excluding carboxylic acids is 1. The van der Waals surface area contributed by atoms with E-state index in [1.807, 2.05) is 71.6 Å². The summed E-state index contributed by atoms with van der Waals surface area (Å²) < 4.78 is 8.35. The van der Waals surface area contributed by atoms with Gasteiger partial charge in [0.05, 0.1) is 22.9 Å². The van der Waals surface area contributed by atoms with Crippen LogP contribution < -0.4 is 4.74 Å². The summed E-state index contributed by atoms with van der Waals surface area (Å²) in [5.74, 6) is 1.31. The van der Waals surface area contributed by atoms with Crippen LogP contribution in [-0.4, -0.2) is 38.1 Å². The van der Waals surface area contributed by atoms with Gasteiger partial charge in [0.25, 0.3) is 5.91 Å². The van der Waals surface area contributed by atoms with E-state index in [1.54, 1.807) is 4.90 Å². The van der Waals surface area contributed by atoms with Crippen LogP contribution >= 0.6 is 24.0 Å². The van der Waals surface area contributed by atoms with Gasteiger partial charge in [-0.1, -0.05) is 88.6 Å². The number of hydrogen-bond acceptors (Lipinski definition) is 5. The third-order valence-corrected chi connectivity index (χ3v) is 8.18. The molecular weight excluding hydrogens is 510 g/mol. The van der Waals surface area contributed by atoms with Crippen molar-refractivity contribution in [3.05, 3.63) is 71.3 Å². The topological polar surface area (TPSA) is 47.4 Å². The third kappa shape index (κ3) is 6.94. The number of rotatable bonds is 13. The summed E-state index contributed by atoms with van der Waals surface area (Å²) in [7, 11) is 0. The molecule has 0 bridgehead atoms. The van der Waals surface area contributed by atoms with Crippen LogP contribution in [0, 0.1) is 5.92 Å². The lowest BCUT2D eigenvalue weighted by Gasteiger charge is -2.21. The van der Waals surface area contributed by atoms with E-state index in [2.05, 4.69) is 20.8 Å². The molecule has 1 fully saturated rings. The molecule has 1 aromatic heterocycles. The molecule has 7 heteroatoms. The van der Waals surface area contributed by atoms with Crippen LogP contribution in [0.2, 0.25) is 0 Å². The number of ether oxygens (including phenoxy) is 1. The Bertz CT molecular complexity index is 1250. The molecule has 1 amide bonds. The van der Waals surface area contributed by atoms with Gasteiger partial charge in [0, 0.05) is 23.9 Å². The first kappa shape index (κ1) is 28.1. The molecule has 200 valence electrons. The lowest BCUT2D eigenvalue weighted by atomic mass is 9.99. The number of benzene rings is 2. The fourth-order valence-electron chi connectivity index (χ4n) is 4.45. The number of para-hydroxylation sites is 1. The van der Waals surface area contributed by atoms with E-state index in [1.165, 1.54) is 18.2 Å². The minimum atomic E-state index is -0.00645. The van der Waals surface area contributed by atoms with Gasteiger partial charge in [-0.05, 0) is 61.2 Å². The number of hydrogen-bond donors (Lipinski definition) is 0. The van der Waals surface area contributed by atoms with Crippen molar-refractivity contribution in [2.45, 2.75) is 59.3 Å². The first-order valence-electron chi connectivity index (χ1n) is 13.7. The van der Waals surface area contributed by atoms with Crippen molar-refractivity contribution in [2.24, 2.45) is 5.92 Å². The Labute approximate surface area is 236 Å². The second-order valence-corrected chi connectivity index (χ2v) is 11.3. The molecule has 3 aromatic rings. The molecule has 0 radical (unpaired) electrons. The normalized spacial score (nSPS) is 15.4. The number of carbonyl (C=O) groups is 1. The first-order chi connectivity index (χ1) is 18.5. The molecule has 0 saturated carbocycles. The Balaban J connectivity index is 1.63. The second kappa shape index (κ2) is 13.8. The van der Waals surface area contributed by atoms with Gasteiger partial charge < -0.3 is 4.74 Å². The monoisotopic (exact) mass is 547 g/mol. The summed E-state index contributed by atoms with van der Waals surface area (Å²) in [5.41, 5.74) is 3.62. The van der Waals surface area contributed by atoms with E-state index in [9.17, 15) is 4.79 Å². The maximum Gasteiger partial charge on any atom is 0.266 e. The average Bonchev–Trinajstić information content (AvgIpc) is 3.48. The first-order valence-corrected chi connectivity index (χ1v) is 14.9. The van der Waals surface area contributed by atoms with Crippen molar-refractivity contribution in [2.75, 3.05) is 13.2 Å². The van der Waals surface area contributed by atoms with Gasteiger partial charge in [0.1, 0.15) is 10.1 Å². The minimum absolute atomic E-state index is 0.00645. The standard InChI is InChI=1S/C31H37N3O2S2/c1-4-7-12-23(6-3)21-33-30(35)28(38-31(33)37)20-25-22-34(26-13-10-9-11-14-26)32-29(25)24-15-17-27(18-16-24)36-19-8-5-2/h9-11,13-18,20,22-23H,4-8,12,19,21H2,1-3H3/b28-20+. The molecule has 2 aromatic carbocycles. The molecule has 1 atom stereocenters. The number of amides is 1. The summed E-state index contributed by atoms with van der Waals surface area (Å²) in [6.07, 6.45) is 10.6. The van der Waals surface area contributed by atoms with Gasteiger partial charge >= 0.3 is 0 Å². The van der Waals surface area contributed by atoms with Crippen molar-refractivity contribution >= 4 is 40.3 Å². The van der Waals surface area contributed by atoms with Gasteiger partial charge in [-0.25, -0.2) is 4.68 Å². The van der Waals surface area contributed by atoms with Crippen molar-refractivity contribution in [3.63, 3.8) is 0 Å². The molecular formula is C31H37N3O2S2. The number of aromatic nitrogens is 2. The highest BCUT2D eigenvalue weighted by Crippen LogP contribution is 2.36. The number of unbranched alkanes of at least 4 members (excludes halogenated alkanes) is 2. The van der Waals surface area contributed by atoms with Crippen LogP contribution in [-0.2, 0) is 4.79 Å². The number of thiocarbonyl (C=S) groups is 1. The van der Waals surface area contributed by atoms with E-state index in [4.69, 9.17) is 22.1 Å². The highest BCUT2D eigenvalue weighted by molar-refractivity contribution is 8.26. The van der Waals surface area contributed by atoms with Crippen molar-refractivity contribution in [3.8, 4) is 22.7 Å². The largest absolute Gasteiger partial charge is 0.494 e. The summed E-state index contributed by atoms with van der Waals surface area (Å²) in [6.45, 7) is 7.95. The predicted octanol–water partition coefficient (Wildman–Crippen LogP) is 8.14. The van der Waals surface area contributed by atoms with E-state index in [-0.39, 0.29) is 5.91 Å². The quantitative estimate of drug-likeness (QED) is 0.123. The van der Waals surface area contributed by atoms with E-state index >= 15 is 0 Å². The summed E-state index contributed by atoms with van der Waals surface area (Å²) in [6, 6.07) is 18.0. The Morgan fingerprint density at radius 2 is 1.76 bits per heavy atom. The van der Waals surface area contributed by atoms with Gasteiger partial charge in [-0.2, -0.15) is 5.10 Å². The molecule has 4 rings (SSSR count). The van der Waals surface area contributed by atoms with E-state index in [0.717, 1.165) is 60.4 Å². The lowest BCUT2D eigenvalue weighted by molar-refractivity contribution is -0.122. The van der Waals surface area contributed by atoms with Crippen LogP contribution in [0.5, 0.6) is 5.75 Å². The molecule has 0 spiro atoms. The molecule has 1 aliphatic rings. The van der Waals surface area contributed by atoms with E-state index in [0.29, 0.717) is 28.3 Å². The maximum absolute atomic E-state index is 13.4. The van der Waals surface area contributed by atoms with Gasteiger partial charge in [-0.15, -0.1) is 0 Å². The smallest absolute Gasteiger partial charge is 0.266 e. The Kier molecular flexibility index (Phi) is 10.2. The molecule has 2 heterocycles. The molecule has 1 unspecified atom stereocenters. The lowest BCUT2D eigenvalue weighted by Crippen LogP contribution is -2.33. The zero-order valence-electron chi connectivity index (χ0n) is 22.6. The minimum Gasteiger partial charge on any atom is -0.494 e. The van der Waals surface area contributed by atoms with Gasteiger partial charge in [-0.3, -0.25) is 9.69 Å². The molecule has 38 heavy (non-hydrogen) atoms. The van der Waals surface area contributed by atoms with Crippen molar-refractivity contribution in [1.29, 1.82) is 0 Å². The molecule has 0 aliphatic carbocycles. The SMILES string of the molecule is CCCCOc1ccc(-c2nn(-c3ccccc3)cc2/C=C2/SC(=S)N(CC(CC)CCCC)C2=O)cc1. The number of nitrogens with zero attached hydrogens (tertiary/aromatic N) is 3. The fourth-order valence-corrected chi connectivity index (χ4v) is 5.71. The van der Waals surface area contributed by atoms with Gasteiger partial charge in [0.15, 0.2) is 0 Å². The maximum atomic E-state index is 13.4. The van der Waals surface area contributed by atoms with Gasteiger partial charge in [0.2, 0.25) is 0 Å². The van der Waals surface area contributed by atoms with Crippen molar-refractivity contribution in [1.82, 2.24) is 14.7 Å². The summed E-state index contributed by atoms with van der Waals surface area (Å²) in [5, 5.41) is 4.92. The van der Waals surface area contributed by atoms with Crippen LogP contribution in [0.4, 0.5) is 0 Å². The summed E-state index contributed by atoms with van der Waals surface area (Å²) >= 11 is 7.04. The second-order valence-electron chi connectivity index (χ2n) is 9.65. The molecule has 5 nitrogen and oxygen atoms in total. The third-order valence-electron chi connectivity index (χ3n) is 6.80. The Morgan fingerprint density at radius 3 is 2.45 bits per heavy atom. The molecule has 0 N–H and O–H groups in total. The Hall–Kier alpha value is -2.90.